The van der Waals surface area contributed by atoms with Gasteiger partial charge < -0.3 is 9.84 Å². The second-order valence-corrected chi connectivity index (χ2v) is 5.55. The van der Waals surface area contributed by atoms with Gasteiger partial charge in [-0.15, -0.1) is 0 Å². The Balaban J connectivity index is 1.65. The molecule has 1 aromatic carbocycles. The van der Waals surface area contributed by atoms with Gasteiger partial charge in [-0.05, 0) is 44.0 Å². The Kier molecular flexibility index (Phi) is 3.99. The molecule has 0 unspecified atom stereocenters. The fraction of sp³-hybridized carbons (Fsp3) is 0.438. The molecule has 5 heteroatoms. The molecule has 0 aliphatic heterocycles. The highest BCUT2D eigenvalue weighted by Crippen LogP contribution is 2.25. The topological polar surface area (TPSA) is 68.0 Å². The van der Waals surface area contributed by atoms with Gasteiger partial charge in [-0.3, -0.25) is 4.79 Å². The number of benzene rings is 1. The van der Waals surface area contributed by atoms with E-state index in [2.05, 4.69) is 15.5 Å². The number of anilines is 1. The van der Waals surface area contributed by atoms with Crippen LogP contribution in [0.3, 0.4) is 0 Å². The Morgan fingerprint density at radius 2 is 1.90 bits per heavy atom. The minimum Gasteiger partial charge on any atom is -0.334 e. The normalized spacial score (nSPS) is 15.9. The maximum atomic E-state index is 12.2. The van der Waals surface area contributed by atoms with Gasteiger partial charge in [-0.25, -0.2) is 0 Å². The van der Waals surface area contributed by atoms with E-state index in [4.69, 9.17) is 4.52 Å². The summed E-state index contributed by atoms with van der Waals surface area (Å²) in [5, 5.41) is 6.76. The predicted molar refractivity (Wildman–Crippen MR) is 79.7 cm³/mol. The van der Waals surface area contributed by atoms with Crippen LogP contribution in [-0.2, 0) is 4.79 Å². The van der Waals surface area contributed by atoms with E-state index < -0.39 is 0 Å². The van der Waals surface area contributed by atoms with Gasteiger partial charge >= 0.3 is 0 Å². The van der Waals surface area contributed by atoms with Gasteiger partial charge in [0.2, 0.25) is 5.91 Å². The molecule has 1 heterocycles. The number of carbonyl (C=O) groups is 1. The van der Waals surface area contributed by atoms with Crippen molar-refractivity contribution in [3.63, 3.8) is 0 Å². The van der Waals surface area contributed by atoms with Crippen molar-refractivity contribution in [2.75, 3.05) is 5.32 Å². The molecule has 0 spiro atoms. The summed E-state index contributed by atoms with van der Waals surface area (Å²) in [6.45, 7) is 1.78. The molecule has 110 valence electrons. The lowest BCUT2D eigenvalue weighted by Crippen LogP contribution is -2.24. The molecular weight excluding hydrogens is 266 g/mol. The van der Waals surface area contributed by atoms with E-state index in [9.17, 15) is 4.79 Å². The van der Waals surface area contributed by atoms with E-state index in [1.807, 2.05) is 24.3 Å². The fourth-order valence-electron chi connectivity index (χ4n) is 2.72. The largest absolute Gasteiger partial charge is 0.334 e. The summed E-state index contributed by atoms with van der Waals surface area (Å²) < 4.78 is 5.12. The van der Waals surface area contributed by atoms with Gasteiger partial charge in [-0.2, -0.15) is 4.98 Å². The number of nitrogens with zero attached hydrogens (tertiary/aromatic N) is 2. The maximum absolute atomic E-state index is 12.2. The summed E-state index contributed by atoms with van der Waals surface area (Å²) in [6, 6.07) is 7.50. The smallest absolute Gasteiger partial charge is 0.257 e. The molecular formula is C16H19N3O2. The van der Waals surface area contributed by atoms with Gasteiger partial charge in [0, 0.05) is 17.2 Å². The van der Waals surface area contributed by atoms with Crippen molar-refractivity contribution in [3.05, 3.63) is 30.1 Å². The average molecular weight is 285 g/mol. The van der Waals surface area contributed by atoms with E-state index >= 15 is 0 Å². The van der Waals surface area contributed by atoms with E-state index in [0.29, 0.717) is 11.7 Å². The molecule has 1 amide bonds. The molecule has 3 rings (SSSR count). The number of amides is 1. The minimum atomic E-state index is 0.135. The van der Waals surface area contributed by atoms with Gasteiger partial charge in [0.05, 0.1) is 0 Å². The van der Waals surface area contributed by atoms with Gasteiger partial charge in [0.25, 0.3) is 5.89 Å². The number of aromatic nitrogens is 2. The Bertz CT molecular complexity index is 613. The van der Waals surface area contributed by atoms with E-state index in [1.54, 1.807) is 6.92 Å². The third-order valence-electron chi connectivity index (χ3n) is 3.90. The molecule has 0 atom stereocenters. The number of hydrogen-bond donors (Lipinski definition) is 1. The molecule has 1 aliphatic rings. The summed E-state index contributed by atoms with van der Waals surface area (Å²) in [5.74, 6) is 1.41. The first-order valence-electron chi connectivity index (χ1n) is 7.44. The van der Waals surface area contributed by atoms with Crippen LogP contribution in [0.1, 0.15) is 37.9 Å². The van der Waals surface area contributed by atoms with Crippen molar-refractivity contribution >= 4 is 11.6 Å². The molecule has 0 radical (unpaired) electrons. The van der Waals surface area contributed by atoms with Gasteiger partial charge in [0.15, 0.2) is 5.82 Å². The van der Waals surface area contributed by atoms with E-state index in [0.717, 1.165) is 36.9 Å². The van der Waals surface area contributed by atoms with Crippen molar-refractivity contribution in [2.24, 2.45) is 5.92 Å². The highest BCUT2D eigenvalue weighted by molar-refractivity contribution is 5.92. The molecule has 5 nitrogen and oxygen atoms in total. The molecule has 0 saturated heterocycles. The highest BCUT2D eigenvalue weighted by Gasteiger charge is 2.21. The SMILES string of the molecule is Cc1noc(-c2ccc(NC(=O)C3CCCCC3)cc2)n1. The Morgan fingerprint density at radius 3 is 2.52 bits per heavy atom. The van der Waals surface area contributed by atoms with Crippen LogP contribution in [0.5, 0.6) is 0 Å². The van der Waals surface area contributed by atoms with Gasteiger partial charge in [0.1, 0.15) is 0 Å². The monoisotopic (exact) mass is 285 g/mol. The number of carbonyl (C=O) groups excluding carboxylic acids is 1. The molecule has 1 aromatic heterocycles. The number of hydrogen-bond acceptors (Lipinski definition) is 4. The first-order valence-corrected chi connectivity index (χ1v) is 7.44. The zero-order chi connectivity index (χ0) is 14.7. The van der Waals surface area contributed by atoms with Gasteiger partial charge in [-0.1, -0.05) is 24.4 Å². The summed E-state index contributed by atoms with van der Waals surface area (Å²) in [6.07, 6.45) is 5.58. The third kappa shape index (κ3) is 3.29. The third-order valence-corrected chi connectivity index (χ3v) is 3.90. The summed E-state index contributed by atoms with van der Waals surface area (Å²) in [4.78, 5) is 16.4. The Labute approximate surface area is 123 Å². The molecule has 1 N–H and O–H groups in total. The number of aryl methyl sites for hydroxylation is 1. The molecule has 1 fully saturated rings. The number of nitrogens with one attached hydrogen (secondary N) is 1. The maximum Gasteiger partial charge on any atom is 0.257 e. The highest BCUT2D eigenvalue weighted by atomic mass is 16.5. The molecule has 1 aliphatic carbocycles. The van der Waals surface area contributed by atoms with Crippen LogP contribution in [0.15, 0.2) is 28.8 Å². The molecule has 21 heavy (non-hydrogen) atoms. The number of rotatable bonds is 3. The van der Waals surface area contributed by atoms with Crippen molar-refractivity contribution in [1.29, 1.82) is 0 Å². The standard InChI is InChI=1S/C16H19N3O2/c1-11-17-16(21-19-11)13-7-9-14(10-8-13)18-15(20)12-5-3-2-4-6-12/h7-10,12H,2-6H2,1H3,(H,18,20). The summed E-state index contributed by atoms with van der Waals surface area (Å²) in [5.41, 5.74) is 1.66. The van der Waals surface area contributed by atoms with Crippen molar-refractivity contribution in [3.8, 4) is 11.5 Å². The lowest BCUT2D eigenvalue weighted by atomic mass is 9.88. The van der Waals surface area contributed by atoms with E-state index in [-0.39, 0.29) is 11.8 Å². The van der Waals surface area contributed by atoms with Crippen LogP contribution in [0, 0.1) is 12.8 Å². The zero-order valence-corrected chi connectivity index (χ0v) is 12.1. The van der Waals surface area contributed by atoms with Crippen molar-refractivity contribution in [2.45, 2.75) is 39.0 Å². The molecule has 0 bridgehead atoms. The molecule has 1 saturated carbocycles. The lowest BCUT2D eigenvalue weighted by molar-refractivity contribution is -0.120. The molecule has 2 aromatic rings. The predicted octanol–water partition coefficient (Wildman–Crippen LogP) is 3.56. The van der Waals surface area contributed by atoms with Crippen molar-refractivity contribution in [1.82, 2.24) is 10.1 Å². The quantitative estimate of drug-likeness (QED) is 0.936. The average Bonchev–Trinajstić information content (AvgIpc) is 2.95. The first-order chi connectivity index (χ1) is 10.2. The second-order valence-electron chi connectivity index (χ2n) is 5.55. The van der Waals surface area contributed by atoms with E-state index in [1.165, 1.54) is 6.42 Å². The Hall–Kier alpha value is -2.17. The van der Waals surface area contributed by atoms with Crippen LogP contribution in [0.25, 0.3) is 11.5 Å². The lowest BCUT2D eigenvalue weighted by Gasteiger charge is -2.20. The minimum absolute atomic E-state index is 0.135. The summed E-state index contributed by atoms with van der Waals surface area (Å²) >= 11 is 0. The van der Waals surface area contributed by atoms with Crippen LogP contribution >= 0.6 is 0 Å². The zero-order valence-electron chi connectivity index (χ0n) is 12.1. The first kappa shape index (κ1) is 13.8. The van der Waals surface area contributed by atoms with Crippen LogP contribution < -0.4 is 5.32 Å². The summed E-state index contributed by atoms with van der Waals surface area (Å²) in [7, 11) is 0. The second kappa shape index (κ2) is 6.08. The van der Waals surface area contributed by atoms with Crippen LogP contribution in [-0.4, -0.2) is 16.0 Å². The van der Waals surface area contributed by atoms with Crippen LogP contribution in [0.4, 0.5) is 5.69 Å². The van der Waals surface area contributed by atoms with Crippen molar-refractivity contribution < 1.29 is 9.32 Å². The van der Waals surface area contributed by atoms with Crippen LogP contribution in [0.2, 0.25) is 0 Å². The Morgan fingerprint density at radius 1 is 1.19 bits per heavy atom. The fourth-order valence-corrected chi connectivity index (χ4v) is 2.72.